The van der Waals surface area contributed by atoms with Crippen LogP contribution in [0.1, 0.15) is 15.9 Å². The molecule has 0 fully saturated rings. The topological polar surface area (TPSA) is 17.1 Å². The zero-order chi connectivity index (χ0) is 14.0. The largest absolute Gasteiger partial charge is 0.294 e. The summed E-state index contributed by atoms with van der Waals surface area (Å²) in [5.41, 5.74) is 0.950. The quantitative estimate of drug-likeness (QED) is 0.681. The molecule has 0 heterocycles. The van der Waals surface area contributed by atoms with E-state index in [1.807, 2.05) is 0 Å². The van der Waals surface area contributed by atoms with Crippen LogP contribution < -0.4 is 0 Å². The minimum Gasteiger partial charge on any atom is -0.294 e. The average Bonchev–Trinajstić information content (AvgIpc) is 2.31. The summed E-state index contributed by atoms with van der Waals surface area (Å²) in [6.07, 6.45) is 0.0639. The Kier molecular flexibility index (Phi) is 4.47. The van der Waals surface area contributed by atoms with E-state index >= 15 is 0 Å². The summed E-state index contributed by atoms with van der Waals surface area (Å²) in [4.78, 5) is 12.0. The van der Waals surface area contributed by atoms with Gasteiger partial charge in [-0.2, -0.15) is 0 Å². The normalized spacial score (nSPS) is 10.5. The van der Waals surface area contributed by atoms with E-state index in [2.05, 4.69) is 31.9 Å². The lowest BCUT2D eigenvalue weighted by atomic mass is 10.0. The summed E-state index contributed by atoms with van der Waals surface area (Å²) in [6.45, 7) is 0. The van der Waals surface area contributed by atoms with E-state index in [-0.39, 0.29) is 16.7 Å². The van der Waals surface area contributed by atoms with E-state index in [1.165, 1.54) is 30.3 Å². The second-order valence-electron chi connectivity index (χ2n) is 4.01. The Labute approximate surface area is 125 Å². The molecular formula is C14H8Br2F2O. The predicted molar refractivity (Wildman–Crippen MR) is 76.2 cm³/mol. The van der Waals surface area contributed by atoms with Crippen LogP contribution in [0.5, 0.6) is 0 Å². The molecule has 0 radical (unpaired) electrons. The van der Waals surface area contributed by atoms with E-state index in [0.717, 1.165) is 0 Å². The molecule has 0 aliphatic carbocycles. The Bertz CT molecular complexity index is 621. The van der Waals surface area contributed by atoms with Crippen molar-refractivity contribution in [3.8, 4) is 0 Å². The van der Waals surface area contributed by atoms with Gasteiger partial charge in [-0.3, -0.25) is 4.79 Å². The van der Waals surface area contributed by atoms with E-state index in [1.54, 1.807) is 6.07 Å². The first kappa shape index (κ1) is 14.3. The fraction of sp³-hybridized carbons (Fsp3) is 0.0714. The van der Waals surface area contributed by atoms with Crippen LogP contribution in [0.3, 0.4) is 0 Å². The zero-order valence-corrected chi connectivity index (χ0v) is 12.8. The Morgan fingerprint density at radius 2 is 1.79 bits per heavy atom. The second-order valence-corrected chi connectivity index (χ2v) is 5.78. The SMILES string of the molecule is O=C(Cc1cc(F)cc(Br)c1)c1ccc(F)c(Br)c1. The van der Waals surface area contributed by atoms with E-state index in [0.29, 0.717) is 15.6 Å². The molecule has 2 rings (SSSR count). The zero-order valence-electron chi connectivity index (χ0n) is 9.59. The highest BCUT2D eigenvalue weighted by molar-refractivity contribution is 9.10. The van der Waals surface area contributed by atoms with Crippen LogP contribution in [0.15, 0.2) is 45.3 Å². The number of hydrogen-bond donors (Lipinski definition) is 0. The van der Waals surface area contributed by atoms with Crippen LogP contribution in [0.25, 0.3) is 0 Å². The molecule has 0 aliphatic heterocycles. The van der Waals surface area contributed by atoms with Crippen LogP contribution in [0.2, 0.25) is 0 Å². The third-order valence-electron chi connectivity index (χ3n) is 2.53. The third kappa shape index (κ3) is 3.70. The van der Waals surface area contributed by atoms with Gasteiger partial charge in [-0.1, -0.05) is 15.9 Å². The highest BCUT2D eigenvalue weighted by atomic mass is 79.9. The molecule has 0 atom stereocenters. The van der Waals surface area contributed by atoms with Gasteiger partial charge < -0.3 is 0 Å². The van der Waals surface area contributed by atoms with Gasteiger partial charge in [0.1, 0.15) is 11.6 Å². The molecule has 2 aromatic carbocycles. The standard InChI is InChI=1S/C14H8Br2F2O/c15-10-3-8(4-11(17)7-10)5-14(19)9-1-2-13(18)12(16)6-9/h1-4,6-7H,5H2. The van der Waals surface area contributed by atoms with Crippen LogP contribution in [-0.4, -0.2) is 5.78 Å². The van der Waals surface area contributed by atoms with Crippen LogP contribution in [0.4, 0.5) is 8.78 Å². The van der Waals surface area contributed by atoms with Gasteiger partial charge in [-0.15, -0.1) is 0 Å². The Balaban J connectivity index is 2.22. The molecule has 0 N–H and O–H groups in total. The van der Waals surface area contributed by atoms with Crippen molar-refractivity contribution in [2.45, 2.75) is 6.42 Å². The maximum Gasteiger partial charge on any atom is 0.167 e. The molecule has 0 amide bonds. The fourth-order valence-corrected chi connectivity index (χ4v) is 2.56. The number of Topliss-reactive ketones (excluding diaryl/α,β-unsaturated/α-hetero) is 1. The Hall–Kier alpha value is -1.07. The number of benzene rings is 2. The molecular weight excluding hydrogens is 382 g/mol. The van der Waals surface area contributed by atoms with Crippen LogP contribution in [-0.2, 0) is 6.42 Å². The molecule has 0 spiro atoms. The molecule has 0 bridgehead atoms. The molecule has 0 aromatic heterocycles. The van der Waals surface area contributed by atoms with Gasteiger partial charge in [-0.25, -0.2) is 8.78 Å². The first-order valence-electron chi connectivity index (χ1n) is 5.39. The van der Waals surface area contributed by atoms with E-state index in [9.17, 15) is 13.6 Å². The summed E-state index contributed by atoms with van der Waals surface area (Å²) in [5.74, 6) is -1.03. The van der Waals surface area contributed by atoms with Crippen molar-refractivity contribution >= 4 is 37.6 Å². The van der Waals surface area contributed by atoms with Gasteiger partial charge in [0.25, 0.3) is 0 Å². The van der Waals surface area contributed by atoms with Gasteiger partial charge in [0.2, 0.25) is 0 Å². The lowest BCUT2D eigenvalue weighted by molar-refractivity contribution is 0.0993. The number of carbonyl (C=O) groups excluding carboxylic acids is 1. The number of halogens is 4. The van der Waals surface area contributed by atoms with Crippen molar-refractivity contribution < 1.29 is 13.6 Å². The molecule has 98 valence electrons. The molecule has 0 saturated heterocycles. The molecule has 19 heavy (non-hydrogen) atoms. The van der Waals surface area contributed by atoms with Gasteiger partial charge in [0, 0.05) is 16.5 Å². The summed E-state index contributed by atoms with van der Waals surface area (Å²) in [6, 6.07) is 8.37. The molecule has 1 nitrogen and oxygen atoms in total. The Morgan fingerprint density at radius 1 is 1.05 bits per heavy atom. The van der Waals surface area contributed by atoms with Crippen LogP contribution in [0, 0.1) is 11.6 Å². The second kappa shape index (κ2) is 5.92. The monoisotopic (exact) mass is 388 g/mol. The summed E-state index contributed by atoms with van der Waals surface area (Å²) < 4.78 is 27.1. The van der Waals surface area contributed by atoms with Crippen molar-refractivity contribution in [1.29, 1.82) is 0 Å². The van der Waals surface area contributed by atoms with Crippen molar-refractivity contribution in [2.75, 3.05) is 0 Å². The number of rotatable bonds is 3. The Morgan fingerprint density at radius 3 is 2.42 bits per heavy atom. The minimum absolute atomic E-state index is 0.0639. The smallest absolute Gasteiger partial charge is 0.167 e. The van der Waals surface area contributed by atoms with Crippen LogP contribution >= 0.6 is 31.9 Å². The van der Waals surface area contributed by atoms with E-state index in [4.69, 9.17) is 0 Å². The van der Waals surface area contributed by atoms with Gasteiger partial charge in [0.05, 0.1) is 4.47 Å². The molecule has 0 aliphatic rings. The number of carbonyl (C=O) groups is 1. The molecule has 0 unspecified atom stereocenters. The first-order chi connectivity index (χ1) is 8.95. The maximum atomic E-state index is 13.2. The highest BCUT2D eigenvalue weighted by Crippen LogP contribution is 2.20. The predicted octanol–water partition coefficient (Wildman–Crippen LogP) is 4.92. The van der Waals surface area contributed by atoms with Crippen molar-refractivity contribution in [2.24, 2.45) is 0 Å². The van der Waals surface area contributed by atoms with Crippen molar-refractivity contribution in [3.63, 3.8) is 0 Å². The lowest BCUT2D eigenvalue weighted by Gasteiger charge is -2.04. The van der Waals surface area contributed by atoms with Gasteiger partial charge >= 0.3 is 0 Å². The van der Waals surface area contributed by atoms with Gasteiger partial charge in [0.15, 0.2) is 5.78 Å². The summed E-state index contributed by atoms with van der Waals surface area (Å²) in [5, 5.41) is 0. The lowest BCUT2D eigenvalue weighted by Crippen LogP contribution is -2.04. The van der Waals surface area contributed by atoms with Gasteiger partial charge in [-0.05, 0) is 57.9 Å². The van der Waals surface area contributed by atoms with Crippen molar-refractivity contribution in [3.05, 3.63) is 68.1 Å². The number of hydrogen-bond acceptors (Lipinski definition) is 1. The molecule has 0 saturated carbocycles. The minimum atomic E-state index is -0.426. The first-order valence-corrected chi connectivity index (χ1v) is 6.97. The molecule has 2 aromatic rings. The number of ketones is 1. The van der Waals surface area contributed by atoms with E-state index < -0.39 is 11.6 Å². The summed E-state index contributed by atoms with van der Waals surface area (Å²) >= 11 is 6.20. The fourth-order valence-electron chi connectivity index (χ4n) is 1.67. The third-order valence-corrected chi connectivity index (χ3v) is 3.59. The van der Waals surface area contributed by atoms with Crippen molar-refractivity contribution in [1.82, 2.24) is 0 Å². The highest BCUT2D eigenvalue weighted by Gasteiger charge is 2.10. The molecule has 5 heteroatoms. The average molecular weight is 390 g/mol. The summed E-state index contributed by atoms with van der Waals surface area (Å²) in [7, 11) is 0. The maximum absolute atomic E-state index is 13.2.